The molecule has 1 saturated heterocycles. The molecule has 0 spiro atoms. The second-order valence-electron chi connectivity index (χ2n) is 4.75. The molecular weight excluding hydrogens is 196 g/mol. The summed E-state index contributed by atoms with van der Waals surface area (Å²) in [5.41, 5.74) is -0.638. The van der Waals surface area contributed by atoms with Crippen molar-refractivity contribution in [3.63, 3.8) is 0 Å². The Kier molecular flexibility index (Phi) is 3.41. The molecule has 4 heteroatoms. The highest BCUT2D eigenvalue weighted by Gasteiger charge is 2.43. The SMILES string of the molecule is CCC(=O)OC(C)(C)[C@@H]1COC(C)(C)O1. The monoisotopic (exact) mass is 216 g/mol. The van der Waals surface area contributed by atoms with Gasteiger partial charge in [-0.3, -0.25) is 4.79 Å². The molecule has 0 aromatic carbocycles. The Morgan fingerprint density at radius 2 is 2.13 bits per heavy atom. The van der Waals surface area contributed by atoms with Crippen molar-refractivity contribution in [3.05, 3.63) is 0 Å². The minimum Gasteiger partial charge on any atom is -0.457 e. The molecule has 1 rings (SSSR count). The standard InChI is InChI=1S/C11H20O4/c1-6-9(12)15-10(2,3)8-7-13-11(4,5)14-8/h8H,6-7H2,1-5H3/t8-/m0/s1. The van der Waals surface area contributed by atoms with Crippen LogP contribution >= 0.6 is 0 Å². The summed E-state index contributed by atoms with van der Waals surface area (Å²) in [5, 5.41) is 0. The average Bonchev–Trinajstić information content (AvgIpc) is 2.45. The van der Waals surface area contributed by atoms with Crippen LogP contribution in [-0.4, -0.2) is 30.1 Å². The molecule has 0 unspecified atom stereocenters. The van der Waals surface area contributed by atoms with E-state index in [2.05, 4.69) is 0 Å². The highest BCUT2D eigenvalue weighted by atomic mass is 16.8. The van der Waals surface area contributed by atoms with Crippen LogP contribution in [0, 0.1) is 0 Å². The summed E-state index contributed by atoms with van der Waals surface area (Å²) < 4.78 is 16.4. The highest BCUT2D eigenvalue weighted by Crippen LogP contribution is 2.30. The van der Waals surface area contributed by atoms with Crippen molar-refractivity contribution >= 4 is 5.97 Å². The maximum atomic E-state index is 11.2. The van der Waals surface area contributed by atoms with Crippen LogP contribution in [0.2, 0.25) is 0 Å². The number of hydrogen-bond donors (Lipinski definition) is 0. The molecule has 1 aliphatic rings. The fourth-order valence-electron chi connectivity index (χ4n) is 1.46. The Hall–Kier alpha value is -0.610. The lowest BCUT2D eigenvalue weighted by Gasteiger charge is -2.30. The fraction of sp³-hybridized carbons (Fsp3) is 0.909. The van der Waals surface area contributed by atoms with Crippen LogP contribution < -0.4 is 0 Å². The molecule has 0 aromatic heterocycles. The molecule has 1 heterocycles. The number of rotatable bonds is 3. The zero-order chi connectivity index (χ0) is 11.7. The number of ether oxygens (including phenoxy) is 3. The summed E-state index contributed by atoms with van der Waals surface area (Å²) in [6, 6.07) is 0. The molecular formula is C11H20O4. The number of esters is 1. The zero-order valence-corrected chi connectivity index (χ0v) is 10.1. The van der Waals surface area contributed by atoms with E-state index in [9.17, 15) is 4.79 Å². The van der Waals surface area contributed by atoms with Crippen molar-refractivity contribution in [2.24, 2.45) is 0 Å². The van der Waals surface area contributed by atoms with Gasteiger partial charge in [-0.15, -0.1) is 0 Å². The first-order chi connectivity index (χ1) is 6.77. The normalized spacial score (nSPS) is 25.3. The van der Waals surface area contributed by atoms with Crippen molar-refractivity contribution in [1.29, 1.82) is 0 Å². The largest absolute Gasteiger partial charge is 0.457 e. The Labute approximate surface area is 90.9 Å². The minimum absolute atomic E-state index is 0.206. The first-order valence-corrected chi connectivity index (χ1v) is 5.30. The highest BCUT2D eigenvalue weighted by molar-refractivity contribution is 5.69. The second-order valence-corrected chi connectivity index (χ2v) is 4.75. The predicted molar refractivity (Wildman–Crippen MR) is 55.4 cm³/mol. The molecule has 15 heavy (non-hydrogen) atoms. The summed E-state index contributed by atoms with van der Waals surface area (Å²) in [6.07, 6.45) is 0.170. The molecule has 88 valence electrons. The minimum atomic E-state index is -0.638. The smallest absolute Gasteiger partial charge is 0.306 e. The first-order valence-electron chi connectivity index (χ1n) is 5.30. The first kappa shape index (κ1) is 12.5. The maximum absolute atomic E-state index is 11.2. The molecule has 0 saturated carbocycles. The molecule has 4 nitrogen and oxygen atoms in total. The average molecular weight is 216 g/mol. The molecule has 0 radical (unpaired) electrons. The Bertz CT molecular complexity index is 245. The lowest BCUT2D eigenvalue weighted by Crippen LogP contribution is -2.43. The number of carbonyl (C=O) groups is 1. The van der Waals surface area contributed by atoms with Gasteiger partial charge in [-0.05, 0) is 27.7 Å². The van der Waals surface area contributed by atoms with Crippen LogP contribution in [0.3, 0.4) is 0 Å². The molecule has 1 fully saturated rings. The third kappa shape index (κ3) is 3.18. The van der Waals surface area contributed by atoms with Crippen LogP contribution in [0.25, 0.3) is 0 Å². The summed E-state index contributed by atoms with van der Waals surface area (Å²) in [5.74, 6) is -0.797. The van der Waals surface area contributed by atoms with Crippen molar-refractivity contribution in [2.45, 2.75) is 58.5 Å². The molecule has 0 N–H and O–H groups in total. The Morgan fingerprint density at radius 3 is 2.53 bits per heavy atom. The van der Waals surface area contributed by atoms with Crippen LogP contribution in [0.15, 0.2) is 0 Å². The fourth-order valence-corrected chi connectivity index (χ4v) is 1.46. The van der Waals surface area contributed by atoms with E-state index in [0.29, 0.717) is 13.0 Å². The summed E-state index contributed by atoms with van der Waals surface area (Å²) >= 11 is 0. The van der Waals surface area contributed by atoms with Crippen molar-refractivity contribution in [3.8, 4) is 0 Å². The quantitative estimate of drug-likeness (QED) is 0.675. The van der Waals surface area contributed by atoms with Gasteiger partial charge < -0.3 is 14.2 Å². The van der Waals surface area contributed by atoms with Gasteiger partial charge in [0.1, 0.15) is 11.7 Å². The molecule has 1 aliphatic heterocycles. The van der Waals surface area contributed by atoms with Gasteiger partial charge in [-0.25, -0.2) is 0 Å². The van der Waals surface area contributed by atoms with E-state index in [1.165, 1.54) is 0 Å². The summed E-state index contributed by atoms with van der Waals surface area (Å²) in [6.45, 7) is 9.62. The van der Waals surface area contributed by atoms with Crippen molar-refractivity contribution in [2.75, 3.05) is 6.61 Å². The second kappa shape index (κ2) is 4.10. The van der Waals surface area contributed by atoms with Crippen LogP contribution in [-0.2, 0) is 19.0 Å². The number of carbonyl (C=O) groups excluding carboxylic acids is 1. The van der Waals surface area contributed by atoms with Gasteiger partial charge in [0.05, 0.1) is 6.61 Å². The summed E-state index contributed by atoms with van der Waals surface area (Å²) in [4.78, 5) is 11.2. The van der Waals surface area contributed by atoms with Gasteiger partial charge >= 0.3 is 5.97 Å². The Morgan fingerprint density at radius 1 is 1.53 bits per heavy atom. The zero-order valence-electron chi connectivity index (χ0n) is 10.1. The molecule has 0 bridgehead atoms. The van der Waals surface area contributed by atoms with E-state index in [-0.39, 0.29) is 12.1 Å². The summed E-state index contributed by atoms with van der Waals surface area (Å²) in [7, 11) is 0. The topological polar surface area (TPSA) is 44.8 Å². The van der Waals surface area contributed by atoms with Gasteiger partial charge in [-0.2, -0.15) is 0 Å². The molecule has 0 amide bonds. The van der Waals surface area contributed by atoms with E-state index >= 15 is 0 Å². The Balaban J connectivity index is 2.59. The van der Waals surface area contributed by atoms with Crippen molar-refractivity contribution in [1.82, 2.24) is 0 Å². The van der Waals surface area contributed by atoms with E-state index < -0.39 is 11.4 Å². The van der Waals surface area contributed by atoms with Crippen LogP contribution in [0.5, 0.6) is 0 Å². The lowest BCUT2D eigenvalue weighted by atomic mass is 10.0. The van der Waals surface area contributed by atoms with E-state index in [0.717, 1.165) is 0 Å². The third-order valence-corrected chi connectivity index (χ3v) is 2.45. The number of hydrogen-bond acceptors (Lipinski definition) is 4. The predicted octanol–water partition coefficient (Wildman–Crippen LogP) is 1.87. The van der Waals surface area contributed by atoms with Crippen LogP contribution in [0.1, 0.15) is 41.0 Å². The molecule has 1 atom stereocenters. The molecule has 0 aromatic rings. The van der Waals surface area contributed by atoms with Gasteiger partial charge in [0.25, 0.3) is 0 Å². The van der Waals surface area contributed by atoms with Gasteiger partial charge in [0.15, 0.2) is 5.79 Å². The van der Waals surface area contributed by atoms with Gasteiger partial charge in [-0.1, -0.05) is 6.92 Å². The maximum Gasteiger partial charge on any atom is 0.306 e. The van der Waals surface area contributed by atoms with Crippen LogP contribution in [0.4, 0.5) is 0 Å². The van der Waals surface area contributed by atoms with E-state index in [1.54, 1.807) is 6.92 Å². The third-order valence-electron chi connectivity index (χ3n) is 2.45. The molecule has 0 aliphatic carbocycles. The van der Waals surface area contributed by atoms with Gasteiger partial charge in [0.2, 0.25) is 0 Å². The lowest BCUT2D eigenvalue weighted by molar-refractivity contribution is -0.186. The van der Waals surface area contributed by atoms with E-state index in [1.807, 2.05) is 27.7 Å². The van der Waals surface area contributed by atoms with Gasteiger partial charge in [0, 0.05) is 6.42 Å². The van der Waals surface area contributed by atoms with E-state index in [4.69, 9.17) is 14.2 Å². The van der Waals surface area contributed by atoms with Crippen molar-refractivity contribution < 1.29 is 19.0 Å².